The Balaban J connectivity index is 2.11. The Kier molecular flexibility index (Phi) is 7.47. The maximum atomic E-state index is 11.5. The van der Waals surface area contributed by atoms with Gasteiger partial charge in [0.05, 0.1) is 25.2 Å². The summed E-state index contributed by atoms with van der Waals surface area (Å²) in [6, 6.07) is 3.69. The molecular formula is C25H37NO7Si. The highest BCUT2D eigenvalue weighted by Gasteiger charge is 2.56. The lowest BCUT2D eigenvalue weighted by molar-refractivity contribution is -0.479. The maximum absolute atomic E-state index is 11.5. The summed E-state index contributed by atoms with van der Waals surface area (Å²) < 4.78 is 24.5. The van der Waals surface area contributed by atoms with Crippen LogP contribution in [-0.4, -0.2) is 51.7 Å². The number of esters is 1. The highest BCUT2D eigenvalue weighted by atomic mass is 28.4. The molecule has 1 aromatic carbocycles. The number of hydrogen-bond donors (Lipinski definition) is 0. The second kappa shape index (κ2) is 9.69. The van der Waals surface area contributed by atoms with Gasteiger partial charge < -0.3 is 18.6 Å². The normalized spacial score (nSPS) is 23.6. The van der Waals surface area contributed by atoms with Crippen LogP contribution < -0.4 is 9.47 Å². The number of methoxy groups -OCH3 is 1. The van der Waals surface area contributed by atoms with Gasteiger partial charge in [0.2, 0.25) is 6.54 Å². The summed E-state index contributed by atoms with van der Waals surface area (Å²) in [7, 11) is -0.537. The number of nitrogens with zero attached hydrogens (tertiary/aromatic N) is 1. The Hall–Kier alpha value is -2.39. The molecule has 0 saturated heterocycles. The molecule has 0 radical (unpaired) electrons. The molecule has 0 N–H and O–H groups in total. The molecule has 0 spiro atoms. The van der Waals surface area contributed by atoms with Crippen molar-refractivity contribution in [1.29, 1.82) is 0 Å². The van der Waals surface area contributed by atoms with Crippen LogP contribution in [0.25, 0.3) is 0 Å². The number of ether oxygens (including phenoxy) is 3. The standard InChI is InChI=1S/C25H37NO7Si/c1-17(27)31-16-14-25-13-8-9-20(33-34(6,7)24(2,3)4)23(25)32-22-19(30-5)11-10-18(21(22)25)12-15-26(28)29/h8,10-11,13,20,23H,9,12,14-16H2,1-7H3/t20-,23+,25-/m0/s1. The molecule has 0 fully saturated rings. The molecule has 3 atom stereocenters. The lowest BCUT2D eigenvalue weighted by atomic mass is 9.68. The molecule has 0 saturated carbocycles. The van der Waals surface area contributed by atoms with E-state index in [4.69, 9.17) is 18.6 Å². The number of fused-ring (bicyclic) bond motifs is 3. The van der Waals surface area contributed by atoms with Crippen LogP contribution in [0.1, 0.15) is 51.7 Å². The van der Waals surface area contributed by atoms with Crippen LogP contribution in [0.15, 0.2) is 24.3 Å². The van der Waals surface area contributed by atoms with Gasteiger partial charge in [-0.2, -0.15) is 0 Å². The molecule has 1 heterocycles. The van der Waals surface area contributed by atoms with E-state index in [-0.39, 0.29) is 47.7 Å². The highest BCUT2D eigenvalue weighted by molar-refractivity contribution is 6.74. The van der Waals surface area contributed by atoms with E-state index in [0.29, 0.717) is 24.3 Å². The summed E-state index contributed by atoms with van der Waals surface area (Å²) in [5, 5.41) is 11.2. The molecule has 8 nitrogen and oxygen atoms in total. The third kappa shape index (κ3) is 5.00. The first kappa shape index (κ1) is 26.2. The van der Waals surface area contributed by atoms with Crippen LogP contribution in [0, 0.1) is 10.1 Å². The maximum Gasteiger partial charge on any atom is 0.302 e. The van der Waals surface area contributed by atoms with Gasteiger partial charge in [0, 0.05) is 23.8 Å². The van der Waals surface area contributed by atoms with Crippen LogP contribution in [0.4, 0.5) is 0 Å². The minimum absolute atomic E-state index is 0.0224. The van der Waals surface area contributed by atoms with Crippen LogP contribution >= 0.6 is 0 Å². The van der Waals surface area contributed by atoms with Gasteiger partial charge >= 0.3 is 5.97 Å². The molecule has 188 valence electrons. The minimum atomic E-state index is -2.12. The quantitative estimate of drug-likeness (QED) is 0.161. The number of rotatable bonds is 9. The van der Waals surface area contributed by atoms with Crippen molar-refractivity contribution >= 4 is 14.3 Å². The molecule has 1 aliphatic carbocycles. The van der Waals surface area contributed by atoms with Gasteiger partial charge in [0.15, 0.2) is 19.8 Å². The molecule has 3 rings (SSSR count). The van der Waals surface area contributed by atoms with E-state index in [1.54, 1.807) is 13.2 Å². The molecule has 9 heteroatoms. The van der Waals surface area contributed by atoms with E-state index in [1.165, 1.54) is 6.92 Å². The van der Waals surface area contributed by atoms with Crippen LogP contribution in [0.3, 0.4) is 0 Å². The summed E-state index contributed by atoms with van der Waals surface area (Å²) in [6.45, 7) is 12.5. The first-order valence-corrected chi connectivity index (χ1v) is 14.7. The fourth-order valence-electron chi connectivity index (χ4n) is 4.69. The van der Waals surface area contributed by atoms with Gasteiger partial charge in [-0.1, -0.05) is 39.0 Å². The summed E-state index contributed by atoms with van der Waals surface area (Å²) in [5.74, 6) is 0.840. The van der Waals surface area contributed by atoms with Crippen molar-refractivity contribution in [3.63, 3.8) is 0 Å². The average molecular weight is 492 g/mol. The second-order valence-electron chi connectivity index (χ2n) is 10.7. The van der Waals surface area contributed by atoms with Gasteiger partial charge in [-0.25, -0.2) is 0 Å². The molecule has 2 aliphatic rings. The van der Waals surface area contributed by atoms with Gasteiger partial charge in [-0.15, -0.1) is 0 Å². The Morgan fingerprint density at radius 3 is 2.62 bits per heavy atom. The second-order valence-corrected chi connectivity index (χ2v) is 15.4. The summed E-state index contributed by atoms with van der Waals surface area (Å²) >= 11 is 0. The average Bonchev–Trinajstić information content (AvgIpc) is 3.07. The van der Waals surface area contributed by atoms with Crippen molar-refractivity contribution in [3.05, 3.63) is 45.5 Å². The molecular weight excluding hydrogens is 454 g/mol. The zero-order valence-corrected chi connectivity index (χ0v) is 22.3. The van der Waals surface area contributed by atoms with Crippen molar-refractivity contribution in [3.8, 4) is 11.5 Å². The zero-order valence-electron chi connectivity index (χ0n) is 21.3. The third-order valence-electron chi connectivity index (χ3n) is 7.40. The smallest absolute Gasteiger partial charge is 0.302 e. The number of hydrogen-bond acceptors (Lipinski definition) is 7. The van der Waals surface area contributed by atoms with E-state index < -0.39 is 13.7 Å². The van der Waals surface area contributed by atoms with E-state index >= 15 is 0 Å². The lowest BCUT2D eigenvalue weighted by Gasteiger charge is -2.45. The van der Waals surface area contributed by atoms with Crippen LogP contribution in [-0.2, 0) is 25.8 Å². The monoisotopic (exact) mass is 491 g/mol. The van der Waals surface area contributed by atoms with Gasteiger partial charge in [0.25, 0.3) is 0 Å². The molecule has 0 aromatic heterocycles. The molecule has 1 aromatic rings. The Morgan fingerprint density at radius 2 is 2.03 bits per heavy atom. The van der Waals surface area contributed by atoms with E-state index in [0.717, 1.165) is 11.1 Å². The number of carbonyl (C=O) groups is 1. The third-order valence-corrected chi connectivity index (χ3v) is 11.9. The molecule has 0 unspecified atom stereocenters. The van der Waals surface area contributed by atoms with Crippen LogP contribution in [0.2, 0.25) is 18.1 Å². The fourth-order valence-corrected chi connectivity index (χ4v) is 6.02. The van der Waals surface area contributed by atoms with Crippen molar-refractivity contribution in [1.82, 2.24) is 0 Å². The van der Waals surface area contributed by atoms with Crippen molar-refractivity contribution in [2.45, 2.75) is 82.7 Å². The molecule has 34 heavy (non-hydrogen) atoms. The van der Waals surface area contributed by atoms with Crippen molar-refractivity contribution < 1.29 is 28.4 Å². The number of benzene rings is 1. The lowest BCUT2D eigenvalue weighted by Crippen LogP contribution is -2.54. The molecule has 0 bridgehead atoms. The zero-order chi connectivity index (χ0) is 25.3. The Morgan fingerprint density at radius 1 is 1.32 bits per heavy atom. The predicted molar refractivity (Wildman–Crippen MR) is 132 cm³/mol. The predicted octanol–water partition coefficient (Wildman–Crippen LogP) is 4.82. The summed E-state index contributed by atoms with van der Waals surface area (Å²) in [4.78, 5) is 22.4. The van der Waals surface area contributed by atoms with Crippen molar-refractivity contribution in [2.24, 2.45) is 0 Å². The largest absolute Gasteiger partial charge is 0.493 e. The van der Waals surface area contributed by atoms with Gasteiger partial charge in [-0.3, -0.25) is 14.9 Å². The molecule has 1 aliphatic heterocycles. The van der Waals surface area contributed by atoms with Crippen molar-refractivity contribution in [2.75, 3.05) is 20.3 Å². The van der Waals surface area contributed by atoms with Crippen LogP contribution in [0.5, 0.6) is 11.5 Å². The highest BCUT2D eigenvalue weighted by Crippen LogP contribution is 2.56. The summed E-state index contributed by atoms with van der Waals surface area (Å²) in [5.41, 5.74) is 1.08. The topological polar surface area (TPSA) is 97.1 Å². The number of carbonyl (C=O) groups excluding carboxylic acids is 1. The first-order chi connectivity index (χ1) is 15.8. The molecule has 0 amide bonds. The minimum Gasteiger partial charge on any atom is -0.493 e. The van der Waals surface area contributed by atoms with Gasteiger partial charge in [0.1, 0.15) is 6.10 Å². The van der Waals surface area contributed by atoms with E-state index in [9.17, 15) is 14.9 Å². The Labute approximate surface area is 202 Å². The fraction of sp³-hybridized carbons (Fsp3) is 0.640. The van der Waals surface area contributed by atoms with E-state index in [2.05, 4.69) is 46.0 Å². The first-order valence-electron chi connectivity index (χ1n) is 11.8. The van der Waals surface area contributed by atoms with E-state index in [1.807, 2.05) is 6.07 Å². The Bertz CT molecular complexity index is 969. The SMILES string of the molecule is COc1ccc(CC[N+](=O)[O-])c2c1O[C@@H]1[C@@H](O[Si](C)(C)C(C)(C)C)CC=C[C@]21CCOC(C)=O. The van der Waals surface area contributed by atoms with Gasteiger partial charge in [-0.05, 0) is 42.6 Å². The number of nitro groups is 1. The summed E-state index contributed by atoms with van der Waals surface area (Å²) in [6.07, 6.45) is 5.12.